The molecule has 152 valence electrons. The van der Waals surface area contributed by atoms with Crippen LogP contribution in [0.4, 0.5) is 10.1 Å². The normalized spacial score (nSPS) is 11.0. The summed E-state index contributed by atoms with van der Waals surface area (Å²) >= 11 is 8.43. The highest BCUT2D eigenvalue weighted by Gasteiger charge is 2.17. The molecule has 30 heavy (non-hydrogen) atoms. The summed E-state index contributed by atoms with van der Waals surface area (Å²) in [6, 6.07) is 9.31. The highest BCUT2D eigenvalue weighted by molar-refractivity contribution is 7.99. The number of benzene rings is 1. The van der Waals surface area contributed by atoms with Gasteiger partial charge in [-0.3, -0.25) is 9.59 Å². The summed E-state index contributed by atoms with van der Waals surface area (Å²) in [6.07, 6.45) is 1.53. The number of rotatable bonds is 5. The Hall–Kier alpha value is -2.75. The number of nitrogens with zero attached hydrogens (tertiary/aromatic N) is 2. The fourth-order valence-corrected chi connectivity index (χ4v) is 4.86. The number of pyridine rings is 1. The van der Waals surface area contributed by atoms with E-state index < -0.39 is 0 Å². The number of hydrogen-bond donors (Lipinski definition) is 2. The van der Waals surface area contributed by atoms with E-state index in [1.165, 1.54) is 29.7 Å². The quantitative estimate of drug-likeness (QED) is 0.252. The fraction of sp³-hybridized carbons (Fsp3) is 0.100. The molecule has 0 spiro atoms. The third-order valence-corrected chi connectivity index (χ3v) is 6.40. The number of carbonyl (C=O) groups excluding carboxylic acids is 1. The minimum absolute atomic E-state index is 0.0366. The van der Waals surface area contributed by atoms with Gasteiger partial charge in [0.25, 0.3) is 5.56 Å². The Morgan fingerprint density at radius 2 is 2.07 bits per heavy atom. The number of anilines is 1. The van der Waals surface area contributed by atoms with Crippen LogP contribution in [0.2, 0.25) is 5.15 Å². The SMILES string of the molecule is Cc1sc2nc(SCC(=O)Nc3cccnc3Cl)[nH]c(=O)c2c1-c1ccc(F)cc1. The number of thioether (sulfide) groups is 1. The van der Waals surface area contributed by atoms with Crippen molar-refractivity contribution in [2.24, 2.45) is 0 Å². The second-order valence-corrected chi connectivity index (χ2v) is 8.80. The molecule has 0 saturated heterocycles. The topological polar surface area (TPSA) is 87.7 Å². The molecule has 4 aromatic rings. The van der Waals surface area contributed by atoms with E-state index in [1.807, 2.05) is 6.92 Å². The number of halogens is 2. The van der Waals surface area contributed by atoms with Crippen molar-refractivity contribution in [3.63, 3.8) is 0 Å². The van der Waals surface area contributed by atoms with Crippen LogP contribution in [0.25, 0.3) is 21.3 Å². The molecule has 0 bridgehead atoms. The van der Waals surface area contributed by atoms with Gasteiger partial charge in [0, 0.05) is 16.6 Å². The highest BCUT2D eigenvalue weighted by Crippen LogP contribution is 2.36. The van der Waals surface area contributed by atoms with E-state index in [4.69, 9.17) is 11.6 Å². The smallest absolute Gasteiger partial charge is 0.260 e. The fourth-order valence-electron chi connectivity index (χ4n) is 2.93. The molecule has 2 N–H and O–H groups in total. The molecule has 3 aromatic heterocycles. The Kier molecular flexibility index (Phi) is 5.85. The number of thiophene rings is 1. The molecule has 0 aliphatic rings. The highest BCUT2D eigenvalue weighted by atomic mass is 35.5. The van der Waals surface area contributed by atoms with Crippen LogP contribution < -0.4 is 10.9 Å². The van der Waals surface area contributed by atoms with Crippen molar-refractivity contribution in [2.75, 3.05) is 11.1 Å². The van der Waals surface area contributed by atoms with Gasteiger partial charge in [-0.05, 0) is 36.8 Å². The van der Waals surface area contributed by atoms with Crippen molar-refractivity contribution in [3.05, 3.63) is 68.8 Å². The van der Waals surface area contributed by atoms with E-state index in [2.05, 4.69) is 20.3 Å². The second kappa shape index (κ2) is 8.55. The summed E-state index contributed by atoms with van der Waals surface area (Å²) in [7, 11) is 0. The predicted octanol–water partition coefficient (Wildman–Crippen LogP) is 4.88. The summed E-state index contributed by atoms with van der Waals surface area (Å²) in [5, 5.41) is 3.67. The van der Waals surface area contributed by atoms with Crippen LogP contribution in [0.3, 0.4) is 0 Å². The van der Waals surface area contributed by atoms with E-state index in [9.17, 15) is 14.0 Å². The molecule has 10 heteroatoms. The van der Waals surface area contributed by atoms with E-state index in [-0.39, 0.29) is 28.2 Å². The maximum absolute atomic E-state index is 13.3. The van der Waals surface area contributed by atoms with Gasteiger partial charge >= 0.3 is 0 Å². The van der Waals surface area contributed by atoms with Crippen LogP contribution in [0.5, 0.6) is 0 Å². The molecule has 4 rings (SSSR count). The van der Waals surface area contributed by atoms with Gasteiger partial charge in [0.2, 0.25) is 5.91 Å². The van der Waals surface area contributed by atoms with Crippen molar-refractivity contribution >= 4 is 56.5 Å². The van der Waals surface area contributed by atoms with Gasteiger partial charge in [0.1, 0.15) is 10.6 Å². The molecular formula is C20H14ClFN4O2S2. The van der Waals surface area contributed by atoms with E-state index >= 15 is 0 Å². The number of aromatic amines is 1. The average molecular weight is 461 g/mol. The van der Waals surface area contributed by atoms with Gasteiger partial charge in [-0.1, -0.05) is 35.5 Å². The number of amides is 1. The zero-order valence-corrected chi connectivity index (χ0v) is 17.9. The number of carbonyl (C=O) groups is 1. The summed E-state index contributed by atoms with van der Waals surface area (Å²) in [5.41, 5.74) is 1.60. The first-order valence-corrected chi connectivity index (χ1v) is 10.9. The molecule has 6 nitrogen and oxygen atoms in total. The molecule has 0 aliphatic carbocycles. The first-order chi connectivity index (χ1) is 14.4. The number of hydrogen-bond acceptors (Lipinski definition) is 6. The van der Waals surface area contributed by atoms with Gasteiger partial charge in [-0.15, -0.1) is 11.3 Å². The zero-order chi connectivity index (χ0) is 21.3. The summed E-state index contributed by atoms with van der Waals surface area (Å²) < 4.78 is 13.3. The molecule has 0 saturated carbocycles. The molecule has 1 amide bonds. The Morgan fingerprint density at radius 3 is 2.80 bits per heavy atom. The number of aromatic nitrogens is 3. The van der Waals surface area contributed by atoms with Gasteiger partial charge in [-0.25, -0.2) is 14.4 Å². The third-order valence-electron chi connectivity index (χ3n) is 4.22. The minimum Gasteiger partial charge on any atom is -0.323 e. The predicted molar refractivity (Wildman–Crippen MR) is 119 cm³/mol. The third kappa shape index (κ3) is 4.23. The minimum atomic E-state index is -0.340. The maximum atomic E-state index is 13.3. The Labute approximate surface area is 183 Å². The monoisotopic (exact) mass is 460 g/mol. The zero-order valence-electron chi connectivity index (χ0n) is 15.5. The number of nitrogens with one attached hydrogen (secondary N) is 2. The molecule has 0 unspecified atom stereocenters. The maximum Gasteiger partial charge on any atom is 0.260 e. The van der Waals surface area contributed by atoms with Gasteiger partial charge in [0.05, 0.1) is 16.8 Å². The number of fused-ring (bicyclic) bond motifs is 1. The lowest BCUT2D eigenvalue weighted by molar-refractivity contribution is -0.113. The van der Waals surface area contributed by atoms with Crippen LogP contribution in [-0.2, 0) is 4.79 Å². The summed E-state index contributed by atoms with van der Waals surface area (Å²) in [4.78, 5) is 37.5. The summed E-state index contributed by atoms with van der Waals surface area (Å²) in [5.74, 6) is -0.603. The largest absolute Gasteiger partial charge is 0.323 e. The molecule has 0 radical (unpaired) electrons. The molecule has 0 aliphatic heterocycles. The Bertz CT molecular complexity index is 1300. The van der Waals surface area contributed by atoms with Crippen LogP contribution in [0.1, 0.15) is 4.88 Å². The average Bonchev–Trinajstić information content (AvgIpc) is 3.05. The van der Waals surface area contributed by atoms with Crippen molar-refractivity contribution in [1.82, 2.24) is 15.0 Å². The van der Waals surface area contributed by atoms with Crippen LogP contribution in [0.15, 0.2) is 52.5 Å². The van der Waals surface area contributed by atoms with Gasteiger partial charge in [-0.2, -0.15) is 0 Å². The first kappa shape index (κ1) is 20.5. The Morgan fingerprint density at radius 1 is 1.30 bits per heavy atom. The molecular weight excluding hydrogens is 447 g/mol. The lowest BCUT2D eigenvalue weighted by Gasteiger charge is -2.06. The van der Waals surface area contributed by atoms with E-state index in [1.54, 1.807) is 24.3 Å². The number of aryl methyl sites for hydroxylation is 1. The van der Waals surface area contributed by atoms with Crippen LogP contribution in [-0.4, -0.2) is 26.6 Å². The first-order valence-electron chi connectivity index (χ1n) is 8.75. The second-order valence-electron chi connectivity index (χ2n) is 6.27. The molecule has 3 heterocycles. The molecule has 1 aromatic carbocycles. The van der Waals surface area contributed by atoms with Crippen molar-refractivity contribution in [2.45, 2.75) is 12.1 Å². The standard InChI is InChI=1S/C20H14ClFN4O2S2/c1-10-15(11-4-6-12(22)7-5-11)16-18(28)25-20(26-19(16)30-10)29-9-14(27)24-13-3-2-8-23-17(13)21/h2-8H,9H2,1H3,(H,24,27)(H,25,26,28). The van der Waals surface area contributed by atoms with Crippen LogP contribution in [0, 0.1) is 12.7 Å². The van der Waals surface area contributed by atoms with Crippen molar-refractivity contribution < 1.29 is 9.18 Å². The lowest BCUT2D eigenvalue weighted by atomic mass is 10.0. The van der Waals surface area contributed by atoms with E-state index in [0.29, 0.717) is 21.1 Å². The van der Waals surface area contributed by atoms with Gasteiger partial charge < -0.3 is 10.3 Å². The summed E-state index contributed by atoms with van der Waals surface area (Å²) in [6.45, 7) is 1.89. The van der Waals surface area contributed by atoms with Crippen molar-refractivity contribution in [3.8, 4) is 11.1 Å². The van der Waals surface area contributed by atoms with Crippen molar-refractivity contribution in [1.29, 1.82) is 0 Å². The molecule has 0 atom stereocenters. The lowest BCUT2D eigenvalue weighted by Crippen LogP contribution is -2.16. The number of H-pyrrole nitrogens is 1. The van der Waals surface area contributed by atoms with Crippen LogP contribution >= 0.6 is 34.7 Å². The Balaban J connectivity index is 1.57. The molecule has 0 fully saturated rings. The van der Waals surface area contributed by atoms with Gasteiger partial charge in [0.15, 0.2) is 10.3 Å². The van der Waals surface area contributed by atoms with E-state index in [0.717, 1.165) is 27.8 Å².